The molecule has 9 heteroatoms. The zero-order valence-electron chi connectivity index (χ0n) is 66.8. The van der Waals surface area contributed by atoms with Crippen LogP contribution in [-0.4, -0.2) is 43.1 Å². The smallest absolute Gasteiger partial charge is 0.137 e. The Balaban J connectivity index is 0.000000112. The van der Waals surface area contributed by atoms with Crippen LogP contribution in [0, 0.1) is 0 Å². The van der Waals surface area contributed by atoms with E-state index in [1.165, 1.54) is 81.3 Å². The van der Waals surface area contributed by atoms with Gasteiger partial charge in [0.2, 0.25) is 0 Å². The molecule has 15 aromatic carbocycles. The summed E-state index contributed by atoms with van der Waals surface area (Å²) in [5, 5.41) is 14.8. The van der Waals surface area contributed by atoms with Gasteiger partial charge in [-0.1, -0.05) is 322 Å². The summed E-state index contributed by atoms with van der Waals surface area (Å²) < 4.78 is 6.15. The highest BCUT2D eigenvalue weighted by molar-refractivity contribution is 6.16. The average molecular weight is 1570 g/mol. The first kappa shape index (κ1) is 72.8. The van der Waals surface area contributed by atoms with Gasteiger partial charge in [-0.15, -0.1) is 0 Å². The fourth-order valence-corrected chi connectivity index (χ4v) is 17.1. The van der Waals surface area contributed by atoms with E-state index in [9.17, 15) is 0 Å². The second kappa shape index (κ2) is 31.7. The minimum absolute atomic E-state index is 0.934. The van der Waals surface area contributed by atoms with Crippen LogP contribution in [0.1, 0.15) is 0 Å². The number of nitrogens with zero attached hydrogens (tertiary/aromatic N) is 9. The Hall–Kier alpha value is -16.6. The van der Waals surface area contributed by atoms with Crippen molar-refractivity contribution in [1.29, 1.82) is 0 Å². The highest BCUT2D eigenvalue weighted by Gasteiger charge is 2.20. The summed E-state index contributed by atoms with van der Waals surface area (Å²) in [7, 11) is 0. The lowest BCUT2D eigenvalue weighted by atomic mass is 9.90. The van der Waals surface area contributed by atoms with E-state index in [2.05, 4.69) is 375 Å². The molecular formula is C114H75N9. The van der Waals surface area contributed by atoms with Crippen LogP contribution >= 0.6 is 0 Å². The Morgan fingerprint density at radius 1 is 0.138 bits per heavy atom. The molecule has 576 valence electrons. The number of hydrogen-bond donors (Lipinski definition) is 0. The topological polar surface area (TPSA) is 90.6 Å². The van der Waals surface area contributed by atoms with Crippen LogP contribution in [0.4, 0.5) is 0 Å². The molecule has 0 N–H and O–H groups in total. The maximum absolute atomic E-state index is 5.42. The Bertz CT molecular complexity index is 7720. The van der Waals surface area contributed by atoms with Crippen molar-refractivity contribution in [3.63, 3.8) is 0 Å². The second-order valence-electron chi connectivity index (χ2n) is 31.1. The molecule has 24 rings (SSSR count). The predicted molar refractivity (Wildman–Crippen MR) is 509 cm³/mol. The summed E-state index contributed by atoms with van der Waals surface area (Å²) in [6.07, 6.45) is 12.3. The molecule has 0 radical (unpaired) electrons. The quantitative estimate of drug-likeness (QED) is 0.113. The Kier molecular flexibility index (Phi) is 18.8. The normalized spacial score (nSPS) is 11.4. The molecule has 0 atom stereocenters. The van der Waals surface area contributed by atoms with Crippen molar-refractivity contribution in [2.75, 3.05) is 0 Å². The van der Waals surface area contributed by atoms with Gasteiger partial charge in [0.25, 0.3) is 0 Å². The molecule has 123 heavy (non-hydrogen) atoms. The predicted octanol–water partition coefficient (Wildman–Crippen LogP) is 29.1. The molecule has 9 heterocycles. The van der Waals surface area contributed by atoms with Crippen LogP contribution in [0.25, 0.3) is 216 Å². The van der Waals surface area contributed by atoms with Gasteiger partial charge in [0.15, 0.2) is 0 Å². The van der Waals surface area contributed by atoms with Crippen LogP contribution in [0.2, 0.25) is 0 Å². The van der Waals surface area contributed by atoms with E-state index in [4.69, 9.17) is 29.9 Å². The number of fused-ring (bicyclic) bond motifs is 11. The van der Waals surface area contributed by atoms with Crippen LogP contribution in [0.3, 0.4) is 0 Å². The maximum Gasteiger partial charge on any atom is 0.137 e. The first-order valence-corrected chi connectivity index (χ1v) is 41.5. The van der Waals surface area contributed by atoms with Gasteiger partial charge >= 0.3 is 0 Å². The minimum Gasteiger partial charge on any atom is -0.306 e. The Morgan fingerprint density at radius 3 is 0.862 bits per heavy atom. The molecule has 0 spiro atoms. The number of benzene rings is 15. The lowest BCUT2D eigenvalue weighted by Crippen LogP contribution is -1.94. The SMILES string of the molecule is c1ccc(-c2cc(-c3ccccc3)nc(-c3ccc(-c4cn5ccccc5n4)cc3)c2)cc1.c1ccc2c(c1)cc(-c1cc(-c3ccc(-c4cn5ccccc5n4)cc3)nc(-c3cc4ccccc4c4ccccc34)c1)c1ccccc12.c1ccc2cc(-c3cc(-c4ccc(-c5cn6ccccc6n5)cc4)nc(-c4ccc5ccccc5c4)c3)ccc2c1. The summed E-state index contributed by atoms with van der Waals surface area (Å²) in [6.45, 7) is 0. The number of aromatic nitrogens is 9. The van der Waals surface area contributed by atoms with E-state index >= 15 is 0 Å². The van der Waals surface area contributed by atoms with Crippen molar-refractivity contribution in [2.24, 2.45) is 0 Å². The van der Waals surface area contributed by atoms with Gasteiger partial charge in [-0.3, -0.25) is 0 Å². The van der Waals surface area contributed by atoms with E-state index in [0.29, 0.717) is 0 Å². The molecular weight excluding hydrogens is 1500 g/mol. The average Bonchev–Trinajstić information content (AvgIpc) is 1.74. The maximum atomic E-state index is 5.42. The zero-order chi connectivity index (χ0) is 81.5. The molecule has 0 fully saturated rings. The summed E-state index contributed by atoms with van der Waals surface area (Å²) in [4.78, 5) is 30.0. The van der Waals surface area contributed by atoms with Crippen molar-refractivity contribution in [3.8, 4) is 135 Å². The van der Waals surface area contributed by atoms with Gasteiger partial charge in [-0.05, 0) is 195 Å². The first-order valence-electron chi connectivity index (χ1n) is 41.5. The van der Waals surface area contributed by atoms with Crippen LogP contribution in [-0.2, 0) is 0 Å². The number of rotatable bonds is 12. The van der Waals surface area contributed by atoms with Gasteiger partial charge < -0.3 is 13.2 Å². The van der Waals surface area contributed by atoms with Crippen LogP contribution in [0.5, 0.6) is 0 Å². The molecule has 0 aliphatic heterocycles. The fraction of sp³-hybridized carbons (Fsp3) is 0. The minimum atomic E-state index is 0.934. The van der Waals surface area contributed by atoms with Crippen LogP contribution < -0.4 is 0 Å². The van der Waals surface area contributed by atoms with E-state index in [1.54, 1.807) is 0 Å². The number of imidazole rings is 3. The molecule has 24 aromatic rings. The molecule has 0 saturated carbocycles. The van der Waals surface area contributed by atoms with Gasteiger partial charge in [-0.25, -0.2) is 29.9 Å². The highest BCUT2D eigenvalue weighted by Crippen LogP contribution is 2.43. The van der Waals surface area contributed by atoms with E-state index in [0.717, 1.165) is 135 Å². The second-order valence-corrected chi connectivity index (χ2v) is 31.1. The zero-order valence-corrected chi connectivity index (χ0v) is 66.8. The lowest BCUT2D eigenvalue weighted by Gasteiger charge is -2.16. The summed E-state index contributed by atoms with van der Waals surface area (Å²) in [5.41, 5.74) is 28.2. The largest absolute Gasteiger partial charge is 0.306 e. The molecule has 0 saturated heterocycles. The molecule has 0 aliphatic rings. The van der Waals surface area contributed by atoms with Gasteiger partial charge in [0, 0.05) is 87.3 Å². The Labute approximate surface area is 710 Å². The fourth-order valence-electron chi connectivity index (χ4n) is 17.1. The van der Waals surface area contributed by atoms with Crippen molar-refractivity contribution < 1.29 is 0 Å². The molecule has 0 amide bonds. The van der Waals surface area contributed by atoms with Crippen LogP contribution in [0.15, 0.2) is 456 Å². The van der Waals surface area contributed by atoms with Crippen molar-refractivity contribution >= 4 is 81.6 Å². The van der Waals surface area contributed by atoms with E-state index < -0.39 is 0 Å². The first-order chi connectivity index (χ1) is 60.9. The summed E-state index contributed by atoms with van der Waals surface area (Å²) in [6, 6.07) is 148. The van der Waals surface area contributed by atoms with Gasteiger partial charge in [-0.2, -0.15) is 0 Å². The molecule has 0 bridgehead atoms. The summed E-state index contributed by atoms with van der Waals surface area (Å²) >= 11 is 0. The van der Waals surface area contributed by atoms with Gasteiger partial charge in [0.1, 0.15) is 16.9 Å². The monoisotopic (exact) mass is 1570 g/mol. The highest BCUT2D eigenvalue weighted by atomic mass is 15.0. The van der Waals surface area contributed by atoms with Crippen molar-refractivity contribution in [1.82, 2.24) is 43.1 Å². The number of pyridine rings is 6. The number of hydrogen-bond acceptors (Lipinski definition) is 6. The molecule has 0 unspecified atom stereocenters. The third-order valence-electron chi connectivity index (χ3n) is 23.4. The lowest BCUT2D eigenvalue weighted by molar-refractivity contribution is 1.19. The third-order valence-corrected chi connectivity index (χ3v) is 23.4. The van der Waals surface area contributed by atoms with Crippen molar-refractivity contribution in [3.05, 3.63) is 456 Å². The molecule has 9 nitrogen and oxygen atoms in total. The van der Waals surface area contributed by atoms with Crippen molar-refractivity contribution in [2.45, 2.75) is 0 Å². The van der Waals surface area contributed by atoms with Gasteiger partial charge in [0.05, 0.1) is 51.2 Å². The third kappa shape index (κ3) is 14.5. The van der Waals surface area contributed by atoms with E-state index in [-0.39, 0.29) is 0 Å². The standard InChI is InChI=1S/C46H29N3.C38H25N3.C30H21N3/c1-3-13-35-32(11-1)25-41(39-17-7-5-15-37(35)39)34-27-43(30-20-22-31(23-21-30)45-29-49-24-10-9-19-46(49)48-45)47-44(28-34)42-26-33-12-2-4-14-36(33)38-16-6-8-18-40(38)42;1-3-9-30-21-32(18-12-26(30)7-1)34-23-35(39-36(24-34)33-19-13-27-8-2-4-10-31(27)22-33)28-14-16-29(17-15-28)37-25-41-20-6-5-11-38(41)40-37;1-3-9-22(10-4-1)26-19-27(23-11-5-2-6-12-23)31-28(20-26)24-14-16-25(17-15-24)29-21-33-18-8-7-13-30(33)32-29/h1-29H;1-25H;1-21H. The molecule has 0 aliphatic carbocycles. The molecule has 9 aromatic heterocycles. The Morgan fingerprint density at radius 2 is 0.423 bits per heavy atom. The van der Waals surface area contributed by atoms with E-state index in [1.807, 2.05) is 94.1 Å². The summed E-state index contributed by atoms with van der Waals surface area (Å²) in [5.74, 6) is 0.